The molecule has 1 saturated carbocycles. The van der Waals surface area contributed by atoms with Gasteiger partial charge in [-0.15, -0.1) is 0 Å². The molecule has 0 aromatic rings. The van der Waals surface area contributed by atoms with Gasteiger partial charge in [-0.2, -0.15) is 0 Å². The van der Waals surface area contributed by atoms with Crippen molar-refractivity contribution in [3.63, 3.8) is 0 Å². The van der Waals surface area contributed by atoms with Gasteiger partial charge in [-0.05, 0) is 44.4 Å². The number of hydrogen-bond acceptors (Lipinski definition) is 1. The summed E-state index contributed by atoms with van der Waals surface area (Å²) in [5, 5.41) is 0. The Kier molecular flexibility index (Phi) is 4.12. The predicted molar refractivity (Wildman–Crippen MR) is 69.2 cm³/mol. The molecule has 1 aliphatic rings. The van der Waals surface area contributed by atoms with Crippen molar-refractivity contribution in [3.05, 3.63) is 23.3 Å². The molecule has 0 amide bonds. The third-order valence-electron chi connectivity index (χ3n) is 4.08. The van der Waals surface area contributed by atoms with Crippen LogP contribution in [0, 0.1) is 17.3 Å². The number of allylic oxidation sites excluding steroid dienone is 4. The molecule has 1 aliphatic carbocycles. The highest BCUT2D eigenvalue weighted by atomic mass is 16.1. The fraction of sp³-hybridized carbons (Fsp3) is 0.667. The zero-order chi connectivity index (χ0) is 12.3. The van der Waals surface area contributed by atoms with Crippen LogP contribution < -0.4 is 0 Å². The van der Waals surface area contributed by atoms with Crippen molar-refractivity contribution in [2.45, 2.75) is 47.5 Å². The molecule has 1 fully saturated rings. The second kappa shape index (κ2) is 4.99. The maximum atomic E-state index is 10.6. The summed E-state index contributed by atoms with van der Waals surface area (Å²) in [6, 6.07) is 0. The van der Waals surface area contributed by atoms with E-state index in [0.29, 0.717) is 11.8 Å². The Morgan fingerprint density at radius 2 is 1.88 bits per heavy atom. The number of carbonyl (C=O) groups is 1. The maximum Gasteiger partial charge on any atom is 0.120 e. The van der Waals surface area contributed by atoms with Crippen molar-refractivity contribution in [1.29, 1.82) is 0 Å². The van der Waals surface area contributed by atoms with Gasteiger partial charge >= 0.3 is 0 Å². The molecule has 0 bridgehead atoms. The molecule has 0 N–H and O–H groups in total. The van der Waals surface area contributed by atoms with Gasteiger partial charge in [-0.25, -0.2) is 0 Å². The monoisotopic (exact) mass is 220 g/mol. The van der Waals surface area contributed by atoms with E-state index in [1.165, 1.54) is 17.6 Å². The topological polar surface area (TPSA) is 17.1 Å². The summed E-state index contributed by atoms with van der Waals surface area (Å²) in [6.07, 6.45) is 7.37. The fourth-order valence-electron chi connectivity index (χ4n) is 2.72. The number of aldehydes is 1. The first-order valence-corrected chi connectivity index (χ1v) is 6.15. The molecule has 0 unspecified atom stereocenters. The van der Waals surface area contributed by atoms with Crippen molar-refractivity contribution in [3.8, 4) is 0 Å². The van der Waals surface area contributed by atoms with Crippen LogP contribution in [0.1, 0.15) is 47.5 Å². The van der Waals surface area contributed by atoms with E-state index in [1.807, 2.05) is 0 Å². The van der Waals surface area contributed by atoms with Crippen molar-refractivity contribution in [2.24, 2.45) is 17.3 Å². The molecule has 0 aromatic heterocycles. The van der Waals surface area contributed by atoms with Crippen LogP contribution in [0.5, 0.6) is 0 Å². The van der Waals surface area contributed by atoms with Gasteiger partial charge in [0.15, 0.2) is 0 Å². The van der Waals surface area contributed by atoms with E-state index in [0.717, 1.165) is 12.7 Å². The highest BCUT2D eigenvalue weighted by Gasteiger charge is 2.47. The second-order valence-electron chi connectivity index (χ2n) is 5.86. The molecule has 0 aromatic carbocycles. The summed E-state index contributed by atoms with van der Waals surface area (Å²) in [5.41, 5.74) is 3.08. The smallest absolute Gasteiger partial charge is 0.120 e. The molecule has 16 heavy (non-hydrogen) atoms. The van der Waals surface area contributed by atoms with Crippen LogP contribution >= 0.6 is 0 Å². The minimum Gasteiger partial charge on any atom is -0.303 e. The van der Waals surface area contributed by atoms with E-state index in [1.54, 1.807) is 0 Å². The molecule has 90 valence electrons. The lowest BCUT2D eigenvalue weighted by molar-refractivity contribution is -0.112. The van der Waals surface area contributed by atoms with Crippen molar-refractivity contribution < 1.29 is 4.79 Å². The Morgan fingerprint density at radius 1 is 1.25 bits per heavy atom. The lowest BCUT2D eigenvalue weighted by Crippen LogP contribution is -2.45. The van der Waals surface area contributed by atoms with Gasteiger partial charge in [0.2, 0.25) is 0 Å². The van der Waals surface area contributed by atoms with E-state index >= 15 is 0 Å². The first-order valence-electron chi connectivity index (χ1n) is 6.15. The Morgan fingerprint density at radius 3 is 2.31 bits per heavy atom. The third-order valence-corrected chi connectivity index (χ3v) is 4.08. The number of hydrogen-bond donors (Lipinski definition) is 0. The molecular formula is C15H24O. The largest absolute Gasteiger partial charge is 0.303 e. The molecule has 1 heteroatoms. The molecule has 0 spiro atoms. The van der Waals surface area contributed by atoms with E-state index in [-0.39, 0.29) is 5.41 Å². The highest BCUT2D eigenvalue weighted by molar-refractivity contribution is 5.50. The van der Waals surface area contributed by atoms with Crippen LogP contribution in [0.25, 0.3) is 0 Å². The molecule has 0 aliphatic heterocycles. The summed E-state index contributed by atoms with van der Waals surface area (Å²) in [7, 11) is 0. The zero-order valence-corrected chi connectivity index (χ0v) is 11.2. The van der Waals surface area contributed by atoms with Crippen LogP contribution in [-0.4, -0.2) is 6.29 Å². The zero-order valence-electron chi connectivity index (χ0n) is 11.2. The molecule has 0 saturated heterocycles. The lowest BCUT2D eigenvalue weighted by Gasteiger charge is -2.52. The Bertz CT molecular complexity index is 316. The van der Waals surface area contributed by atoms with E-state index in [4.69, 9.17) is 0 Å². The van der Waals surface area contributed by atoms with Gasteiger partial charge in [0.25, 0.3) is 0 Å². The van der Waals surface area contributed by atoms with Gasteiger partial charge in [0.05, 0.1) is 0 Å². The Labute approximate surface area is 99.6 Å². The van der Waals surface area contributed by atoms with E-state index in [9.17, 15) is 4.79 Å². The Balaban J connectivity index is 2.68. The lowest BCUT2D eigenvalue weighted by atomic mass is 9.52. The maximum absolute atomic E-state index is 10.6. The van der Waals surface area contributed by atoms with Gasteiger partial charge in [0.1, 0.15) is 6.29 Å². The van der Waals surface area contributed by atoms with Crippen molar-refractivity contribution >= 4 is 6.29 Å². The van der Waals surface area contributed by atoms with Gasteiger partial charge in [-0.3, -0.25) is 0 Å². The predicted octanol–water partition coefficient (Wildman–Crippen LogP) is 4.15. The highest BCUT2D eigenvalue weighted by Crippen LogP contribution is 2.55. The summed E-state index contributed by atoms with van der Waals surface area (Å²) in [5.74, 6) is 1.22. The number of rotatable bonds is 4. The van der Waals surface area contributed by atoms with Crippen molar-refractivity contribution in [1.82, 2.24) is 0 Å². The summed E-state index contributed by atoms with van der Waals surface area (Å²) < 4.78 is 0. The fourth-order valence-corrected chi connectivity index (χ4v) is 2.72. The third kappa shape index (κ3) is 2.63. The SMILES string of the molecule is CC(C)=C/C=C(\C)[C@H]1C[C@@H](CC=O)C1(C)C. The molecule has 0 radical (unpaired) electrons. The minimum absolute atomic E-state index is 0.289. The normalized spacial score (nSPS) is 28.2. The summed E-state index contributed by atoms with van der Waals surface area (Å²) >= 11 is 0. The quantitative estimate of drug-likeness (QED) is 0.514. The van der Waals surface area contributed by atoms with Gasteiger partial charge in [0, 0.05) is 6.42 Å². The van der Waals surface area contributed by atoms with E-state index in [2.05, 4.69) is 46.8 Å². The molecule has 2 atom stereocenters. The van der Waals surface area contributed by atoms with Crippen LogP contribution in [-0.2, 0) is 4.79 Å². The van der Waals surface area contributed by atoms with E-state index < -0.39 is 0 Å². The average Bonchev–Trinajstić information content (AvgIpc) is 2.20. The summed E-state index contributed by atoms with van der Waals surface area (Å²) in [4.78, 5) is 10.6. The molecular weight excluding hydrogens is 196 g/mol. The first-order chi connectivity index (χ1) is 7.39. The molecule has 1 rings (SSSR count). The molecule has 0 heterocycles. The second-order valence-corrected chi connectivity index (χ2v) is 5.86. The molecule has 1 nitrogen and oxygen atoms in total. The minimum atomic E-state index is 0.289. The first kappa shape index (κ1) is 13.2. The van der Waals surface area contributed by atoms with Crippen LogP contribution in [0.4, 0.5) is 0 Å². The van der Waals surface area contributed by atoms with Crippen LogP contribution in [0.15, 0.2) is 23.3 Å². The van der Waals surface area contributed by atoms with Crippen LogP contribution in [0.2, 0.25) is 0 Å². The van der Waals surface area contributed by atoms with Gasteiger partial charge < -0.3 is 4.79 Å². The van der Waals surface area contributed by atoms with Crippen molar-refractivity contribution in [2.75, 3.05) is 0 Å². The summed E-state index contributed by atoms with van der Waals surface area (Å²) in [6.45, 7) is 11.0. The standard InChI is InChI=1S/C15H24O/c1-11(2)6-7-12(3)14-10-13(8-9-16)15(14,4)5/h6-7,9,13-14H,8,10H2,1-5H3/b12-7+/t13-,14-/m1/s1. The Hall–Kier alpha value is -0.850. The van der Waals surface area contributed by atoms with Gasteiger partial charge in [-0.1, -0.05) is 37.1 Å². The number of carbonyl (C=O) groups excluding carboxylic acids is 1. The average molecular weight is 220 g/mol. The van der Waals surface area contributed by atoms with Crippen LogP contribution in [0.3, 0.4) is 0 Å².